The van der Waals surface area contributed by atoms with Crippen LogP contribution in [-0.4, -0.2) is 82.9 Å². The molecule has 0 aromatic carbocycles. The standard InChI is InChI=1S/C29H41NO14/c1-14-10-24(29(30(38)39,12-15(14)2)23(17(4)32)11-16(3)31)26(42-20(7)35)28(44-22(9)37)27(43-21(8)36)25(41-19(6)34)13-40-18(5)33/h23-28H,10-13H2,1-9H3/t23-,24-,25+,26+,27+,28+,29+/m0/s1. The predicted molar refractivity (Wildman–Crippen MR) is 149 cm³/mol. The Hall–Kier alpha value is -4.17. The van der Waals surface area contributed by atoms with Gasteiger partial charge in [0.25, 0.3) is 0 Å². The molecule has 15 heteroatoms. The molecule has 1 aliphatic carbocycles. The molecular weight excluding hydrogens is 586 g/mol. The monoisotopic (exact) mass is 627 g/mol. The Bertz CT molecular complexity index is 1210. The van der Waals surface area contributed by atoms with E-state index in [4.69, 9.17) is 23.7 Å². The molecule has 0 heterocycles. The third kappa shape index (κ3) is 9.95. The lowest BCUT2D eigenvalue weighted by molar-refractivity contribution is -0.593. The van der Waals surface area contributed by atoms with E-state index >= 15 is 0 Å². The lowest BCUT2D eigenvalue weighted by Gasteiger charge is -2.46. The van der Waals surface area contributed by atoms with Crippen molar-refractivity contribution >= 4 is 41.4 Å². The fourth-order valence-electron chi connectivity index (χ4n) is 5.69. The number of nitro groups is 1. The molecule has 0 amide bonds. The molecule has 0 unspecified atom stereocenters. The van der Waals surface area contributed by atoms with Crippen molar-refractivity contribution in [2.24, 2.45) is 11.8 Å². The molecule has 0 fully saturated rings. The number of rotatable bonds is 15. The van der Waals surface area contributed by atoms with Gasteiger partial charge in [0.15, 0.2) is 24.4 Å². The number of ether oxygens (including phenoxy) is 5. The number of hydrogen-bond acceptors (Lipinski definition) is 14. The first-order valence-corrected chi connectivity index (χ1v) is 13.9. The maximum atomic E-state index is 13.2. The molecule has 0 aliphatic heterocycles. The minimum atomic E-state index is -2.27. The largest absolute Gasteiger partial charge is 0.462 e. The van der Waals surface area contributed by atoms with Crippen molar-refractivity contribution in [1.82, 2.24) is 0 Å². The van der Waals surface area contributed by atoms with Crippen LogP contribution in [0.15, 0.2) is 11.1 Å². The topological polar surface area (TPSA) is 209 Å². The van der Waals surface area contributed by atoms with E-state index < -0.39 is 101 Å². The number of Topliss-reactive ketones (excluding diaryl/α,β-unsaturated/α-hetero) is 2. The average molecular weight is 628 g/mol. The molecule has 0 saturated heterocycles. The molecule has 15 nitrogen and oxygen atoms in total. The highest BCUT2D eigenvalue weighted by Gasteiger charge is 2.65. The molecule has 0 radical (unpaired) electrons. The van der Waals surface area contributed by atoms with Gasteiger partial charge in [-0.1, -0.05) is 11.1 Å². The van der Waals surface area contributed by atoms with Gasteiger partial charge in [0, 0.05) is 52.4 Å². The molecule has 0 saturated carbocycles. The van der Waals surface area contributed by atoms with Crippen LogP contribution in [-0.2, 0) is 57.2 Å². The fraction of sp³-hybridized carbons (Fsp3) is 0.690. The van der Waals surface area contributed by atoms with Gasteiger partial charge in [0.2, 0.25) is 5.54 Å². The van der Waals surface area contributed by atoms with Crippen LogP contribution in [0, 0.1) is 22.0 Å². The molecule has 0 spiro atoms. The summed E-state index contributed by atoms with van der Waals surface area (Å²) >= 11 is 0. The fourth-order valence-corrected chi connectivity index (χ4v) is 5.69. The van der Waals surface area contributed by atoms with Crippen LogP contribution >= 0.6 is 0 Å². The summed E-state index contributed by atoms with van der Waals surface area (Å²) in [5.41, 5.74) is -1.08. The molecule has 7 atom stereocenters. The first-order chi connectivity index (χ1) is 20.2. The zero-order valence-electron chi connectivity index (χ0n) is 26.5. The first kappa shape index (κ1) is 37.9. The zero-order chi connectivity index (χ0) is 34.1. The summed E-state index contributed by atoms with van der Waals surface area (Å²) in [5, 5.41) is 13.2. The van der Waals surface area contributed by atoms with E-state index in [2.05, 4.69) is 0 Å². The Balaban J connectivity index is 4.21. The summed E-state index contributed by atoms with van der Waals surface area (Å²) in [7, 11) is 0. The summed E-state index contributed by atoms with van der Waals surface area (Å²) in [6.45, 7) is 9.89. The molecule has 0 aromatic heterocycles. The summed E-state index contributed by atoms with van der Waals surface area (Å²) in [6.07, 6.45) is -8.18. The van der Waals surface area contributed by atoms with Gasteiger partial charge in [-0.05, 0) is 34.1 Å². The third-order valence-electron chi connectivity index (χ3n) is 7.46. The number of esters is 5. The number of nitrogens with zero attached hydrogens (tertiary/aromatic N) is 1. The van der Waals surface area contributed by atoms with Crippen LogP contribution in [0.5, 0.6) is 0 Å². The second-order valence-electron chi connectivity index (χ2n) is 11.0. The summed E-state index contributed by atoms with van der Waals surface area (Å²) in [4.78, 5) is 98.9. The van der Waals surface area contributed by atoms with Crippen LogP contribution in [0.2, 0.25) is 0 Å². The number of carbonyl (C=O) groups excluding carboxylic acids is 7. The van der Waals surface area contributed by atoms with Gasteiger partial charge in [-0.25, -0.2) is 0 Å². The highest BCUT2D eigenvalue weighted by Crippen LogP contribution is 2.49. The molecule has 1 aliphatic rings. The smallest absolute Gasteiger partial charge is 0.303 e. The van der Waals surface area contributed by atoms with Crippen molar-refractivity contribution in [3.8, 4) is 0 Å². The lowest BCUT2D eigenvalue weighted by Crippen LogP contribution is -2.64. The van der Waals surface area contributed by atoms with Gasteiger partial charge in [0.05, 0.1) is 11.8 Å². The van der Waals surface area contributed by atoms with Gasteiger partial charge in [-0.2, -0.15) is 0 Å². The second-order valence-corrected chi connectivity index (χ2v) is 11.0. The van der Waals surface area contributed by atoms with Crippen molar-refractivity contribution in [2.75, 3.05) is 6.61 Å². The van der Waals surface area contributed by atoms with Gasteiger partial charge in [-0.3, -0.25) is 43.7 Å². The SMILES string of the molecule is CC(=O)C[C@@H](C(C)=O)[C@]1([N+](=O)[O-])CC(C)=C(C)C[C@H]1[C@@H](OC(C)=O)[C@@H](OC(C)=O)[C@H](OC(C)=O)[C@@H](COC(C)=O)OC(C)=O. The van der Waals surface area contributed by atoms with Crippen molar-refractivity contribution < 1.29 is 62.2 Å². The van der Waals surface area contributed by atoms with Crippen LogP contribution in [0.1, 0.15) is 81.6 Å². The van der Waals surface area contributed by atoms with Crippen LogP contribution < -0.4 is 0 Å². The normalized spacial score (nSPS) is 21.4. The maximum Gasteiger partial charge on any atom is 0.303 e. The summed E-state index contributed by atoms with van der Waals surface area (Å²) in [5.74, 6) is -8.84. The number of allylic oxidation sites excluding steroid dienone is 1. The van der Waals surface area contributed by atoms with E-state index in [9.17, 15) is 43.7 Å². The minimum Gasteiger partial charge on any atom is -0.462 e. The molecular formula is C29H41NO14. The van der Waals surface area contributed by atoms with Gasteiger partial charge >= 0.3 is 29.8 Å². The number of carbonyl (C=O) groups is 7. The highest BCUT2D eigenvalue weighted by atomic mass is 16.6. The van der Waals surface area contributed by atoms with Gasteiger partial charge < -0.3 is 23.7 Å². The number of hydrogen-bond donors (Lipinski definition) is 0. The van der Waals surface area contributed by atoms with E-state index in [0.717, 1.165) is 41.5 Å². The molecule has 246 valence electrons. The predicted octanol–water partition coefficient (Wildman–Crippen LogP) is 2.22. The quantitative estimate of drug-likeness (QED) is 0.0838. The Kier molecular flexibility index (Phi) is 13.8. The van der Waals surface area contributed by atoms with Crippen molar-refractivity contribution in [3.63, 3.8) is 0 Å². The summed E-state index contributed by atoms with van der Waals surface area (Å²) < 4.78 is 26.9. The van der Waals surface area contributed by atoms with Crippen molar-refractivity contribution in [1.29, 1.82) is 0 Å². The Morgan fingerprint density at radius 2 is 1.27 bits per heavy atom. The van der Waals surface area contributed by atoms with Crippen LogP contribution in [0.4, 0.5) is 0 Å². The van der Waals surface area contributed by atoms with Crippen molar-refractivity contribution in [2.45, 2.75) is 112 Å². The average Bonchev–Trinajstić information content (AvgIpc) is 2.86. The van der Waals surface area contributed by atoms with Gasteiger partial charge in [0.1, 0.15) is 18.2 Å². The highest BCUT2D eigenvalue weighted by molar-refractivity contribution is 5.86. The van der Waals surface area contributed by atoms with E-state index in [1.807, 2.05) is 0 Å². The number of ketones is 2. The van der Waals surface area contributed by atoms with Crippen LogP contribution in [0.25, 0.3) is 0 Å². The maximum absolute atomic E-state index is 13.2. The first-order valence-electron chi connectivity index (χ1n) is 13.9. The minimum absolute atomic E-state index is 0.167. The molecule has 1 rings (SSSR count). The third-order valence-corrected chi connectivity index (χ3v) is 7.46. The van der Waals surface area contributed by atoms with E-state index in [1.54, 1.807) is 13.8 Å². The van der Waals surface area contributed by atoms with Crippen molar-refractivity contribution in [3.05, 3.63) is 21.3 Å². The lowest BCUT2D eigenvalue weighted by atomic mass is 9.60. The van der Waals surface area contributed by atoms with E-state index in [-0.39, 0.29) is 12.8 Å². The van der Waals surface area contributed by atoms with Crippen LogP contribution in [0.3, 0.4) is 0 Å². The molecule has 44 heavy (non-hydrogen) atoms. The Morgan fingerprint density at radius 1 is 0.773 bits per heavy atom. The van der Waals surface area contributed by atoms with E-state index in [0.29, 0.717) is 11.1 Å². The Morgan fingerprint density at radius 3 is 1.68 bits per heavy atom. The second kappa shape index (κ2) is 16.1. The molecule has 0 bridgehead atoms. The molecule has 0 aromatic rings. The van der Waals surface area contributed by atoms with Gasteiger partial charge in [-0.15, -0.1) is 0 Å². The molecule has 0 N–H and O–H groups in total. The summed E-state index contributed by atoms with van der Waals surface area (Å²) in [6, 6.07) is 0. The van der Waals surface area contributed by atoms with E-state index in [1.165, 1.54) is 6.92 Å². The zero-order valence-corrected chi connectivity index (χ0v) is 26.5. The Labute approximate surface area is 255 Å².